The second-order valence-corrected chi connectivity index (χ2v) is 4.01. The first-order valence-electron chi connectivity index (χ1n) is 4.16. The van der Waals surface area contributed by atoms with E-state index in [0.717, 1.165) is 5.69 Å². The van der Waals surface area contributed by atoms with Crippen molar-refractivity contribution in [3.05, 3.63) is 23.9 Å². The molecule has 0 atom stereocenters. The number of carbonyl (C=O) groups is 1. The fourth-order valence-electron chi connectivity index (χ4n) is 1.06. The minimum atomic E-state index is -0.977. The van der Waals surface area contributed by atoms with Crippen LogP contribution in [0.25, 0.3) is 0 Å². The zero-order valence-corrected chi connectivity index (χ0v) is 9.76. The number of pyridine rings is 1. The van der Waals surface area contributed by atoms with E-state index in [9.17, 15) is 4.79 Å². The maximum atomic E-state index is 10.6. The number of rotatable bonds is 3. The molecule has 0 aromatic carbocycles. The first-order chi connectivity index (χ1) is 7.00. The summed E-state index contributed by atoms with van der Waals surface area (Å²) in [5, 5.41) is 8.70. The lowest BCUT2D eigenvalue weighted by Crippen LogP contribution is -2.32. The lowest BCUT2D eigenvalue weighted by molar-refractivity contribution is -0.135. The molecule has 1 aromatic rings. The Morgan fingerprint density at radius 1 is 1.67 bits per heavy atom. The molecule has 6 heteroatoms. The van der Waals surface area contributed by atoms with Crippen LogP contribution in [0.3, 0.4) is 0 Å². The van der Waals surface area contributed by atoms with E-state index in [-0.39, 0.29) is 10.9 Å². The minimum absolute atomic E-state index is 0.190. The Balaban J connectivity index is 2.98. The molecule has 0 fully saturated rings. The summed E-state index contributed by atoms with van der Waals surface area (Å²) in [4.78, 5) is 16.1. The largest absolute Gasteiger partial charge is 0.480 e. The van der Waals surface area contributed by atoms with Crippen LogP contribution in [-0.4, -0.2) is 26.9 Å². The summed E-state index contributed by atoms with van der Waals surface area (Å²) >= 11 is 8.81. The third kappa shape index (κ3) is 3.49. The number of carboxylic acid groups (broad SMARTS) is 1. The summed E-state index contributed by atoms with van der Waals surface area (Å²) in [5.41, 5.74) is 0.799. The molecule has 1 heterocycles. The summed E-state index contributed by atoms with van der Waals surface area (Å²) in [6.07, 6.45) is 0. The van der Waals surface area contributed by atoms with Crippen LogP contribution in [-0.2, 0) is 4.79 Å². The lowest BCUT2D eigenvalue weighted by Gasteiger charge is -2.19. The highest BCUT2D eigenvalue weighted by atomic mass is 32.1. The fourth-order valence-corrected chi connectivity index (χ4v) is 1.39. The third-order valence-corrected chi connectivity index (χ3v) is 2.14. The molecule has 0 saturated carbocycles. The van der Waals surface area contributed by atoms with Crippen LogP contribution in [0.4, 0.5) is 5.82 Å². The number of aromatic nitrogens is 1. The van der Waals surface area contributed by atoms with Crippen LogP contribution in [0.2, 0.25) is 0 Å². The minimum Gasteiger partial charge on any atom is -0.480 e. The molecule has 80 valence electrons. The highest BCUT2D eigenvalue weighted by Crippen LogP contribution is 2.13. The van der Waals surface area contributed by atoms with Gasteiger partial charge in [-0.2, -0.15) is 0 Å². The van der Waals surface area contributed by atoms with Gasteiger partial charge in [-0.3, -0.25) is 4.79 Å². The van der Waals surface area contributed by atoms with Gasteiger partial charge in [-0.1, -0.05) is 18.3 Å². The number of carboxylic acids is 1. The number of aliphatic carboxylic acids is 1. The second kappa shape index (κ2) is 5.09. The Morgan fingerprint density at radius 2 is 2.33 bits per heavy atom. The van der Waals surface area contributed by atoms with Gasteiger partial charge in [-0.15, -0.1) is 12.6 Å². The molecule has 1 aromatic heterocycles. The first kappa shape index (κ1) is 11.9. The number of hydrogen-bond acceptors (Lipinski definition) is 3. The molecule has 4 nitrogen and oxygen atoms in total. The van der Waals surface area contributed by atoms with E-state index >= 15 is 0 Å². The molecule has 0 amide bonds. The average Bonchev–Trinajstić information content (AvgIpc) is 2.13. The normalized spacial score (nSPS) is 9.73. The molecular weight excluding hydrogens is 232 g/mol. The van der Waals surface area contributed by atoms with Gasteiger partial charge in [-0.05, 0) is 19.1 Å². The van der Waals surface area contributed by atoms with Gasteiger partial charge in [0, 0.05) is 5.69 Å². The SMILES string of the molecule is Cc1cccc(N(CC(=O)O)C(=S)S)n1. The molecule has 0 saturated heterocycles. The predicted molar refractivity (Wildman–Crippen MR) is 65.5 cm³/mol. The lowest BCUT2D eigenvalue weighted by atomic mass is 10.3. The van der Waals surface area contributed by atoms with Crippen molar-refractivity contribution in [2.75, 3.05) is 11.4 Å². The molecule has 0 unspecified atom stereocenters. The topological polar surface area (TPSA) is 53.4 Å². The van der Waals surface area contributed by atoms with Crippen LogP contribution in [0.5, 0.6) is 0 Å². The first-order valence-corrected chi connectivity index (χ1v) is 5.02. The van der Waals surface area contributed by atoms with Crippen molar-refractivity contribution in [2.24, 2.45) is 0 Å². The van der Waals surface area contributed by atoms with Gasteiger partial charge < -0.3 is 10.0 Å². The molecule has 0 radical (unpaired) electrons. The number of anilines is 1. The van der Waals surface area contributed by atoms with Gasteiger partial charge >= 0.3 is 5.97 Å². The van der Waals surface area contributed by atoms with Crippen LogP contribution in [0, 0.1) is 6.92 Å². The number of thiol groups is 1. The molecule has 0 spiro atoms. The van der Waals surface area contributed by atoms with E-state index in [1.165, 1.54) is 4.90 Å². The monoisotopic (exact) mass is 242 g/mol. The average molecular weight is 242 g/mol. The molecular formula is C9H10N2O2S2. The number of thiocarbonyl (C=S) groups is 1. The Labute approximate surface area is 98.3 Å². The Bertz CT molecular complexity index is 395. The van der Waals surface area contributed by atoms with E-state index in [4.69, 9.17) is 17.3 Å². The highest BCUT2D eigenvalue weighted by molar-refractivity contribution is 8.11. The maximum Gasteiger partial charge on any atom is 0.323 e. The standard InChI is InChI=1S/C9H10N2O2S2/c1-6-3-2-4-7(10-6)11(9(14)15)5-8(12)13/h2-4H,5H2,1H3,(H,12,13)(H,14,15). The zero-order chi connectivity index (χ0) is 11.4. The molecule has 0 bridgehead atoms. The quantitative estimate of drug-likeness (QED) is 0.621. The molecule has 15 heavy (non-hydrogen) atoms. The van der Waals surface area contributed by atoms with E-state index in [1.807, 2.05) is 13.0 Å². The summed E-state index contributed by atoms with van der Waals surface area (Å²) in [6.45, 7) is 1.59. The highest BCUT2D eigenvalue weighted by Gasteiger charge is 2.14. The summed E-state index contributed by atoms with van der Waals surface area (Å²) < 4.78 is 0.190. The van der Waals surface area contributed by atoms with Gasteiger partial charge in [0.15, 0.2) is 0 Å². The molecule has 1 N–H and O–H groups in total. The summed E-state index contributed by atoms with van der Waals surface area (Å²) in [5.74, 6) is -0.480. The van der Waals surface area contributed by atoms with E-state index < -0.39 is 5.97 Å². The van der Waals surface area contributed by atoms with E-state index in [1.54, 1.807) is 12.1 Å². The Kier molecular flexibility index (Phi) is 4.05. The second-order valence-electron chi connectivity index (χ2n) is 2.90. The van der Waals surface area contributed by atoms with Crippen molar-refractivity contribution >= 4 is 41.0 Å². The Morgan fingerprint density at radius 3 is 2.80 bits per heavy atom. The van der Waals surface area contributed by atoms with E-state index in [0.29, 0.717) is 5.82 Å². The molecule has 0 aliphatic rings. The van der Waals surface area contributed by atoms with Crippen molar-refractivity contribution in [3.8, 4) is 0 Å². The van der Waals surface area contributed by atoms with Gasteiger partial charge in [0.05, 0.1) is 0 Å². The van der Waals surface area contributed by atoms with Gasteiger partial charge in [-0.25, -0.2) is 4.98 Å². The molecule has 0 aliphatic carbocycles. The summed E-state index contributed by atoms with van der Waals surface area (Å²) in [7, 11) is 0. The smallest absolute Gasteiger partial charge is 0.323 e. The van der Waals surface area contributed by atoms with Crippen molar-refractivity contribution in [1.82, 2.24) is 4.98 Å². The van der Waals surface area contributed by atoms with Crippen molar-refractivity contribution in [1.29, 1.82) is 0 Å². The predicted octanol–water partition coefficient (Wildman–Crippen LogP) is 1.50. The third-order valence-electron chi connectivity index (χ3n) is 1.67. The summed E-state index contributed by atoms with van der Waals surface area (Å²) in [6, 6.07) is 5.31. The van der Waals surface area contributed by atoms with Crippen molar-refractivity contribution < 1.29 is 9.90 Å². The van der Waals surface area contributed by atoms with Crippen molar-refractivity contribution in [3.63, 3.8) is 0 Å². The maximum absolute atomic E-state index is 10.6. The molecule has 1 rings (SSSR count). The van der Waals surface area contributed by atoms with Crippen LogP contribution < -0.4 is 4.90 Å². The number of hydrogen-bond donors (Lipinski definition) is 2. The fraction of sp³-hybridized carbons (Fsp3) is 0.222. The van der Waals surface area contributed by atoms with Crippen LogP contribution in [0.1, 0.15) is 5.69 Å². The number of aryl methyl sites for hydroxylation is 1. The number of nitrogens with zero attached hydrogens (tertiary/aromatic N) is 2. The molecule has 0 aliphatic heterocycles. The zero-order valence-electron chi connectivity index (χ0n) is 8.04. The Hall–Kier alpha value is -1.14. The van der Waals surface area contributed by atoms with Crippen LogP contribution in [0.15, 0.2) is 18.2 Å². The van der Waals surface area contributed by atoms with Gasteiger partial charge in [0.2, 0.25) is 0 Å². The van der Waals surface area contributed by atoms with E-state index in [2.05, 4.69) is 17.6 Å². The van der Waals surface area contributed by atoms with Crippen LogP contribution >= 0.6 is 24.8 Å². The van der Waals surface area contributed by atoms with Gasteiger partial charge in [0.25, 0.3) is 0 Å². The van der Waals surface area contributed by atoms with Crippen molar-refractivity contribution in [2.45, 2.75) is 6.92 Å². The van der Waals surface area contributed by atoms with Gasteiger partial charge in [0.1, 0.15) is 16.7 Å².